The van der Waals surface area contributed by atoms with Gasteiger partial charge in [0.15, 0.2) is 12.2 Å². The lowest BCUT2D eigenvalue weighted by Gasteiger charge is -2.10. The molecule has 0 atom stereocenters. The van der Waals surface area contributed by atoms with E-state index in [0.29, 0.717) is 22.8 Å². The molecule has 0 bridgehead atoms. The number of rotatable bonds is 4. The van der Waals surface area contributed by atoms with Gasteiger partial charge in [0.25, 0.3) is 5.91 Å². The molecule has 1 heterocycles. The molecule has 1 amide bonds. The SMILES string of the molecule is COc1cc(NC(=O)c2cccc(C)c2)ccc1-c1cnco1. The Morgan fingerprint density at radius 3 is 2.78 bits per heavy atom. The molecule has 0 radical (unpaired) electrons. The summed E-state index contributed by atoms with van der Waals surface area (Å²) in [5.41, 5.74) is 3.08. The van der Waals surface area contributed by atoms with Crippen LogP contribution in [0.2, 0.25) is 0 Å². The molecule has 116 valence electrons. The number of nitrogens with zero attached hydrogens (tertiary/aromatic N) is 1. The van der Waals surface area contributed by atoms with Crippen LogP contribution in [0.4, 0.5) is 5.69 Å². The van der Waals surface area contributed by atoms with Crippen molar-refractivity contribution in [2.24, 2.45) is 0 Å². The van der Waals surface area contributed by atoms with E-state index in [0.717, 1.165) is 11.1 Å². The molecular weight excluding hydrogens is 292 g/mol. The van der Waals surface area contributed by atoms with E-state index in [1.54, 1.807) is 31.5 Å². The van der Waals surface area contributed by atoms with Gasteiger partial charge in [-0.3, -0.25) is 4.79 Å². The van der Waals surface area contributed by atoms with Crippen molar-refractivity contribution >= 4 is 11.6 Å². The number of hydrogen-bond acceptors (Lipinski definition) is 4. The molecule has 23 heavy (non-hydrogen) atoms. The van der Waals surface area contributed by atoms with E-state index in [2.05, 4.69) is 10.3 Å². The van der Waals surface area contributed by atoms with Crippen molar-refractivity contribution in [3.05, 3.63) is 66.2 Å². The van der Waals surface area contributed by atoms with Crippen molar-refractivity contribution in [2.75, 3.05) is 12.4 Å². The number of amides is 1. The van der Waals surface area contributed by atoms with Crippen LogP contribution >= 0.6 is 0 Å². The smallest absolute Gasteiger partial charge is 0.255 e. The summed E-state index contributed by atoms with van der Waals surface area (Å²) in [5, 5.41) is 2.87. The number of nitrogens with one attached hydrogen (secondary N) is 1. The van der Waals surface area contributed by atoms with Gasteiger partial charge in [-0.15, -0.1) is 0 Å². The van der Waals surface area contributed by atoms with Gasteiger partial charge in [0.2, 0.25) is 0 Å². The summed E-state index contributed by atoms with van der Waals surface area (Å²) in [6.45, 7) is 1.95. The minimum absolute atomic E-state index is 0.164. The molecule has 3 aromatic rings. The number of aryl methyl sites for hydroxylation is 1. The highest BCUT2D eigenvalue weighted by molar-refractivity contribution is 6.04. The quantitative estimate of drug-likeness (QED) is 0.793. The number of ether oxygens (including phenoxy) is 1. The Balaban J connectivity index is 1.85. The second kappa shape index (κ2) is 6.36. The molecule has 0 aliphatic heterocycles. The van der Waals surface area contributed by atoms with Gasteiger partial charge in [0.1, 0.15) is 5.75 Å². The Morgan fingerprint density at radius 2 is 2.09 bits per heavy atom. The van der Waals surface area contributed by atoms with Crippen LogP contribution in [0.1, 0.15) is 15.9 Å². The fourth-order valence-corrected chi connectivity index (χ4v) is 2.31. The first-order valence-electron chi connectivity index (χ1n) is 7.12. The van der Waals surface area contributed by atoms with Crippen molar-refractivity contribution in [1.29, 1.82) is 0 Å². The van der Waals surface area contributed by atoms with Crippen LogP contribution in [0.15, 0.2) is 59.5 Å². The number of anilines is 1. The fourth-order valence-electron chi connectivity index (χ4n) is 2.31. The van der Waals surface area contributed by atoms with E-state index < -0.39 is 0 Å². The predicted molar refractivity (Wildman–Crippen MR) is 87.6 cm³/mol. The summed E-state index contributed by atoms with van der Waals surface area (Å²) in [6.07, 6.45) is 2.98. The van der Waals surface area contributed by atoms with Crippen molar-refractivity contribution < 1.29 is 13.9 Å². The minimum atomic E-state index is -0.164. The second-order valence-electron chi connectivity index (χ2n) is 5.10. The van der Waals surface area contributed by atoms with E-state index in [1.165, 1.54) is 6.39 Å². The lowest BCUT2D eigenvalue weighted by atomic mass is 10.1. The van der Waals surface area contributed by atoms with E-state index in [9.17, 15) is 4.79 Å². The predicted octanol–water partition coefficient (Wildman–Crippen LogP) is 3.91. The first kappa shape index (κ1) is 14.8. The van der Waals surface area contributed by atoms with Crippen LogP contribution in [0.3, 0.4) is 0 Å². The standard InChI is InChI=1S/C18H16N2O3/c1-12-4-3-5-13(8-12)18(21)20-14-6-7-15(16(9-14)22-2)17-10-19-11-23-17/h3-11H,1-2H3,(H,20,21). The molecule has 0 saturated heterocycles. The zero-order valence-corrected chi connectivity index (χ0v) is 12.9. The first-order chi connectivity index (χ1) is 11.2. The van der Waals surface area contributed by atoms with Crippen LogP contribution in [-0.2, 0) is 0 Å². The second-order valence-corrected chi connectivity index (χ2v) is 5.10. The number of hydrogen-bond donors (Lipinski definition) is 1. The lowest BCUT2D eigenvalue weighted by molar-refractivity contribution is 0.102. The molecule has 0 spiro atoms. The lowest BCUT2D eigenvalue weighted by Crippen LogP contribution is -2.12. The molecule has 0 unspecified atom stereocenters. The van der Waals surface area contributed by atoms with Crippen LogP contribution < -0.4 is 10.1 Å². The van der Waals surface area contributed by atoms with Crippen molar-refractivity contribution in [3.63, 3.8) is 0 Å². The summed E-state index contributed by atoms with van der Waals surface area (Å²) in [4.78, 5) is 16.2. The Labute approximate surface area is 133 Å². The summed E-state index contributed by atoms with van der Waals surface area (Å²) >= 11 is 0. The van der Waals surface area contributed by atoms with Gasteiger partial charge >= 0.3 is 0 Å². The molecule has 0 fully saturated rings. The number of carbonyl (C=O) groups is 1. The number of aromatic nitrogens is 1. The molecule has 5 heteroatoms. The van der Waals surface area contributed by atoms with Gasteiger partial charge in [-0.25, -0.2) is 4.98 Å². The Morgan fingerprint density at radius 1 is 1.22 bits per heavy atom. The van der Waals surface area contributed by atoms with Crippen molar-refractivity contribution in [1.82, 2.24) is 4.98 Å². The Hall–Kier alpha value is -3.08. The number of carbonyl (C=O) groups excluding carboxylic acids is 1. The van der Waals surface area contributed by atoms with Crippen molar-refractivity contribution in [2.45, 2.75) is 6.92 Å². The number of benzene rings is 2. The summed E-state index contributed by atoms with van der Waals surface area (Å²) in [7, 11) is 1.57. The molecule has 1 aromatic heterocycles. The Bertz CT molecular complexity index is 826. The normalized spacial score (nSPS) is 10.3. The maximum atomic E-state index is 12.3. The van der Waals surface area contributed by atoms with E-state index in [4.69, 9.17) is 9.15 Å². The largest absolute Gasteiger partial charge is 0.496 e. The van der Waals surface area contributed by atoms with Gasteiger partial charge in [-0.05, 0) is 31.2 Å². The highest BCUT2D eigenvalue weighted by atomic mass is 16.5. The molecule has 5 nitrogen and oxygen atoms in total. The van der Waals surface area contributed by atoms with Crippen LogP contribution in [0.25, 0.3) is 11.3 Å². The fraction of sp³-hybridized carbons (Fsp3) is 0.111. The minimum Gasteiger partial charge on any atom is -0.496 e. The third-order valence-electron chi connectivity index (χ3n) is 3.44. The molecule has 0 aliphatic rings. The highest BCUT2D eigenvalue weighted by Crippen LogP contribution is 2.32. The first-order valence-corrected chi connectivity index (χ1v) is 7.12. The topological polar surface area (TPSA) is 64.4 Å². The van der Waals surface area contributed by atoms with Crippen LogP contribution in [-0.4, -0.2) is 18.0 Å². The van der Waals surface area contributed by atoms with Gasteiger partial charge in [0, 0.05) is 17.3 Å². The molecule has 0 aliphatic carbocycles. The van der Waals surface area contributed by atoms with Crippen LogP contribution in [0.5, 0.6) is 5.75 Å². The van der Waals surface area contributed by atoms with E-state index in [-0.39, 0.29) is 5.91 Å². The molecule has 2 aromatic carbocycles. The molecular formula is C18H16N2O3. The summed E-state index contributed by atoms with van der Waals surface area (Å²) in [6, 6.07) is 12.8. The maximum Gasteiger partial charge on any atom is 0.255 e. The van der Waals surface area contributed by atoms with Gasteiger partial charge in [0.05, 0.1) is 18.9 Å². The zero-order valence-electron chi connectivity index (χ0n) is 12.9. The Kier molecular flexibility index (Phi) is 4.10. The summed E-state index contributed by atoms with van der Waals surface area (Å²) < 4.78 is 10.7. The third kappa shape index (κ3) is 3.23. The summed E-state index contributed by atoms with van der Waals surface area (Å²) in [5.74, 6) is 1.05. The number of methoxy groups -OCH3 is 1. The number of oxazole rings is 1. The van der Waals surface area contributed by atoms with E-state index >= 15 is 0 Å². The average molecular weight is 308 g/mol. The average Bonchev–Trinajstić information content (AvgIpc) is 3.09. The highest BCUT2D eigenvalue weighted by Gasteiger charge is 2.12. The monoisotopic (exact) mass is 308 g/mol. The zero-order chi connectivity index (χ0) is 16.2. The molecule has 3 rings (SSSR count). The van der Waals surface area contributed by atoms with E-state index in [1.807, 2.05) is 31.2 Å². The van der Waals surface area contributed by atoms with Gasteiger partial charge in [-0.1, -0.05) is 17.7 Å². The molecule has 1 N–H and O–H groups in total. The maximum absolute atomic E-state index is 12.3. The van der Waals surface area contributed by atoms with Gasteiger partial charge in [-0.2, -0.15) is 0 Å². The van der Waals surface area contributed by atoms with Gasteiger partial charge < -0.3 is 14.5 Å². The van der Waals surface area contributed by atoms with Crippen molar-refractivity contribution in [3.8, 4) is 17.1 Å². The third-order valence-corrected chi connectivity index (χ3v) is 3.44. The molecule has 0 saturated carbocycles. The van der Waals surface area contributed by atoms with Crippen LogP contribution in [0, 0.1) is 6.92 Å².